The number of hydrogen-bond donors (Lipinski definition) is 1. The van der Waals surface area contributed by atoms with E-state index in [2.05, 4.69) is 52.1 Å². The standard InChI is InChI=1S/C15H23NO/c1-14(2,3)11-13(17)16-12-7-6-9-15(4,5)10-8-12/h6-10H,11H2,1-5H3,(H,16,17). The number of amides is 1. The molecule has 2 nitrogen and oxygen atoms in total. The number of hydrogen-bond acceptors (Lipinski definition) is 1. The summed E-state index contributed by atoms with van der Waals surface area (Å²) in [7, 11) is 0. The summed E-state index contributed by atoms with van der Waals surface area (Å²) < 4.78 is 0. The minimum Gasteiger partial charge on any atom is -0.326 e. The molecule has 1 amide bonds. The first-order chi connectivity index (χ1) is 7.68. The van der Waals surface area contributed by atoms with Crippen LogP contribution in [0.3, 0.4) is 0 Å². The smallest absolute Gasteiger partial charge is 0.224 e. The van der Waals surface area contributed by atoms with Gasteiger partial charge in [0.1, 0.15) is 0 Å². The third-order valence-electron chi connectivity index (χ3n) is 2.47. The van der Waals surface area contributed by atoms with E-state index in [9.17, 15) is 4.79 Å². The molecule has 0 spiro atoms. The summed E-state index contributed by atoms with van der Waals surface area (Å²) in [5.74, 6) is 0.0708. The Morgan fingerprint density at radius 2 is 1.94 bits per heavy atom. The van der Waals surface area contributed by atoms with E-state index in [1.807, 2.05) is 18.2 Å². The van der Waals surface area contributed by atoms with Gasteiger partial charge in [0.05, 0.1) is 0 Å². The van der Waals surface area contributed by atoms with Gasteiger partial charge in [0.2, 0.25) is 5.91 Å². The number of rotatable bonds is 2. The summed E-state index contributed by atoms with van der Waals surface area (Å²) in [6.45, 7) is 10.5. The molecule has 17 heavy (non-hydrogen) atoms. The predicted octanol–water partition coefficient (Wildman–Crippen LogP) is 3.57. The fourth-order valence-electron chi connectivity index (χ4n) is 1.59. The van der Waals surface area contributed by atoms with Gasteiger partial charge in [-0.05, 0) is 17.6 Å². The normalized spacial score (nSPS) is 18.5. The highest BCUT2D eigenvalue weighted by Gasteiger charge is 2.17. The van der Waals surface area contributed by atoms with E-state index in [1.165, 1.54) is 0 Å². The second-order valence-electron chi connectivity index (χ2n) is 6.42. The lowest BCUT2D eigenvalue weighted by atomic mass is 9.92. The molecule has 0 aromatic rings. The fraction of sp³-hybridized carbons (Fsp3) is 0.533. The quantitative estimate of drug-likeness (QED) is 0.776. The van der Waals surface area contributed by atoms with Crippen molar-refractivity contribution in [2.75, 3.05) is 0 Å². The maximum atomic E-state index is 11.8. The van der Waals surface area contributed by atoms with Gasteiger partial charge < -0.3 is 5.32 Å². The lowest BCUT2D eigenvalue weighted by molar-refractivity contribution is -0.122. The zero-order chi connectivity index (χ0) is 13.1. The van der Waals surface area contributed by atoms with Crippen LogP contribution >= 0.6 is 0 Å². The van der Waals surface area contributed by atoms with Crippen molar-refractivity contribution in [3.8, 4) is 0 Å². The topological polar surface area (TPSA) is 29.1 Å². The number of carbonyl (C=O) groups is 1. The second kappa shape index (κ2) is 4.91. The molecular formula is C15H23NO. The van der Waals surface area contributed by atoms with E-state index in [1.54, 1.807) is 0 Å². The van der Waals surface area contributed by atoms with Gasteiger partial charge >= 0.3 is 0 Å². The van der Waals surface area contributed by atoms with Crippen LogP contribution in [0.25, 0.3) is 0 Å². The first-order valence-corrected chi connectivity index (χ1v) is 6.07. The van der Waals surface area contributed by atoms with Crippen LogP contribution in [-0.2, 0) is 4.79 Å². The van der Waals surface area contributed by atoms with Crippen molar-refractivity contribution in [2.24, 2.45) is 10.8 Å². The number of allylic oxidation sites excluding steroid dienone is 5. The molecule has 94 valence electrons. The van der Waals surface area contributed by atoms with Crippen molar-refractivity contribution >= 4 is 5.91 Å². The Morgan fingerprint density at radius 1 is 1.29 bits per heavy atom. The van der Waals surface area contributed by atoms with E-state index in [4.69, 9.17) is 0 Å². The van der Waals surface area contributed by atoms with Gasteiger partial charge in [-0.1, -0.05) is 52.8 Å². The van der Waals surface area contributed by atoms with Gasteiger partial charge in [-0.15, -0.1) is 0 Å². The van der Waals surface area contributed by atoms with Crippen molar-refractivity contribution in [1.29, 1.82) is 0 Å². The molecular weight excluding hydrogens is 210 g/mol. The molecule has 0 unspecified atom stereocenters. The van der Waals surface area contributed by atoms with Crippen LogP contribution in [0.15, 0.2) is 36.1 Å². The third kappa shape index (κ3) is 5.53. The van der Waals surface area contributed by atoms with Gasteiger partial charge in [-0.2, -0.15) is 0 Å². The Kier molecular flexibility index (Phi) is 3.97. The van der Waals surface area contributed by atoms with Crippen LogP contribution in [0, 0.1) is 10.8 Å². The van der Waals surface area contributed by atoms with Crippen LogP contribution in [0.4, 0.5) is 0 Å². The van der Waals surface area contributed by atoms with Crippen LogP contribution in [-0.4, -0.2) is 5.91 Å². The monoisotopic (exact) mass is 233 g/mol. The van der Waals surface area contributed by atoms with E-state index >= 15 is 0 Å². The maximum Gasteiger partial charge on any atom is 0.224 e. The average molecular weight is 233 g/mol. The highest BCUT2D eigenvalue weighted by molar-refractivity contribution is 5.79. The molecule has 1 N–H and O–H groups in total. The molecule has 0 fully saturated rings. The molecule has 2 heteroatoms. The number of nitrogens with one attached hydrogen (secondary N) is 1. The Morgan fingerprint density at radius 3 is 2.53 bits per heavy atom. The minimum absolute atomic E-state index is 0.0220. The van der Waals surface area contributed by atoms with Crippen molar-refractivity contribution < 1.29 is 4.79 Å². The van der Waals surface area contributed by atoms with Gasteiger partial charge in [-0.3, -0.25) is 4.79 Å². The Labute approximate surface area is 104 Å². The molecule has 0 bridgehead atoms. The van der Waals surface area contributed by atoms with Gasteiger partial charge in [0.25, 0.3) is 0 Å². The summed E-state index contributed by atoms with van der Waals surface area (Å²) in [5, 5.41) is 2.94. The lowest BCUT2D eigenvalue weighted by Crippen LogP contribution is -2.26. The molecule has 0 saturated heterocycles. The Balaban J connectivity index is 2.63. The SMILES string of the molecule is CC1(C)C=CC=C(NC(=O)CC(C)(C)C)C=C1. The Hall–Kier alpha value is -1.31. The van der Waals surface area contributed by atoms with Crippen LogP contribution < -0.4 is 5.32 Å². The van der Waals surface area contributed by atoms with Crippen molar-refractivity contribution in [3.63, 3.8) is 0 Å². The summed E-state index contributed by atoms with van der Waals surface area (Å²) >= 11 is 0. The molecule has 0 atom stereocenters. The minimum atomic E-state index is 0.0220. The van der Waals surface area contributed by atoms with Crippen LogP contribution in [0.1, 0.15) is 41.0 Å². The fourth-order valence-corrected chi connectivity index (χ4v) is 1.59. The maximum absolute atomic E-state index is 11.8. The lowest BCUT2D eigenvalue weighted by Gasteiger charge is -2.17. The van der Waals surface area contributed by atoms with E-state index in [0.29, 0.717) is 6.42 Å². The molecule has 1 aliphatic carbocycles. The average Bonchev–Trinajstić information content (AvgIpc) is 2.24. The number of carbonyl (C=O) groups excluding carboxylic acids is 1. The van der Waals surface area contributed by atoms with Gasteiger partial charge in [0.15, 0.2) is 0 Å². The first kappa shape index (κ1) is 13.8. The van der Waals surface area contributed by atoms with Gasteiger partial charge in [-0.25, -0.2) is 0 Å². The van der Waals surface area contributed by atoms with Crippen LogP contribution in [0.5, 0.6) is 0 Å². The highest BCUT2D eigenvalue weighted by Crippen LogP contribution is 2.22. The molecule has 0 aliphatic heterocycles. The summed E-state index contributed by atoms with van der Waals surface area (Å²) in [4.78, 5) is 11.8. The largest absolute Gasteiger partial charge is 0.326 e. The summed E-state index contributed by atoms with van der Waals surface area (Å²) in [5.41, 5.74) is 0.933. The molecule has 0 radical (unpaired) electrons. The van der Waals surface area contributed by atoms with E-state index < -0.39 is 0 Å². The summed E-state index contributed by atoms with van der Waals surface area (Å²) in [6.07, 6.45) is 10.6. The first-order valence-electron chi connectivity index (χ1n) is 6.07. The zero-order valence-corrected chi connectivity index (χ0v) is 11.5. The van der Waals surface area contributed by atoms with Crippen molar-refractivity contribution in [1.82, 2.24) is 5.32 Å². The molecule has 1 aliphatic rings. The van der Waals surface area contributed by atoms with Crippen molar-refractivity contribution in [3.05, 3.63) is 36.1 Å². The molecule has 0 saturated carbocycles. The highest BCUT2D eigenvalue weighted by atomic mass is 16.1. The van der Waals surface area contributed by atoms with Crippen molar-refractivity contribution in [2.45, 2.75) is 41.0 Å². The van der Waals surface area contributed by atoms with E-state index in [0.717, 1.165) is 5.70 Å². The summed E-state index contributed by atoms with van der Waals surface area (Å²) in [6, 6.07) is 0. The molecule has 1 rings (SSSR count). The van der Waals surface area contributed by atoms with E-state index in [-0.39, 0.29) is 16.7 Å². The van der Waals surface area contributed by atoms with Gasteiger partial charge in [0, 0.05) is 17.5 Å². The molecule has 0 heterocycles. The third-order valence-corrected chi connectivity index (χ3v) is 2.47. The molecule has 0 aromatic heterocycles. The second-order valence-corrected chi connectivity index (χ2v) is 6.42. The zero-order valence-electron chi connectivity index (χ0n) is 11.5. The molecule has 0 aromatic carbocycles. The Bertz CT molecular complexity index is 378. The van der Waals surface area contributed by atoms with Crippen LogP contribution in [0.2, 0.25) is 0 Å². The predicted molar refractivity (Wildman–Crippen MR) is 72.4 cm³/mol.